The Balaban J connectivity index is 1.82. The van der Waals surface area contributed by atoms with Gasteiger partial charge < -0.3 is 0 Å². The molecular weight excluding hydrogens is 132 g/mol. The van der Waals surface area contributed by atoms with Gasteiger partial charge in [-0.1, -0.05) is 17.7 Å². The van der Waals surface area contributed by atoms with Gasteiger partial charge in [0.25, 0.3) is 0 Å². The maximum absolute atomic E-state index is 3.83. The SMILES string of the molecule is C=CCC1CC2CC3=CC1C32. The molecule has 3 rings (SSSR count). The molecule has 4 unspecified atom stereocenters. The second-order valence-electron chi connectivity index (χ2n) is 4.33. The zero-order chi connectivity index (χ0) is 7.42. The van der Waals surface area contributed by atoms with Gasteiger partial charge in [0, 0.05) is 0 Å². The molecule has 0 bridgehead atoms. The van der Waals surface area contributed by atoms with E-state index in [-0.39, 0.29) is 0 Å². The van der Waals surface area contributed by atoms with E-state index in [1.54, 1.807) is 5.57 Å². The summed E-state index contributed by atoms with van der Waals surface area (Å²) < 4.78 is 0. The van der Waals surface area contributed by atoms with Gasteiger partial charge in [-0.2, -0.15) is 0 Å². The van der Waals surface area contributed by atoms with Crippen molar-refractivity contribution in [3.8, 4) is 0 Å². The lowest BCUT2D eigenvalue weighted by atomic mass is 9.60. The van der Waals surface area contributed by atoms with Crippen molar-refractivity contribution >= 4 is 0 Å². The van der Waals surface area contributed by atoms with Crippen LogP contribution in [-0.4, -0.2) is 0 Å². The van der Waals surface area contributed by atoms with E-state index >= 15 is 0 Å². The number of allylic oxidation sites excluding steroid dienone is 3. The van der Waals surface area contributed by atoms with Crippen molar-refractivity contribution in [2.24, 2.45) is 23.7 Å². The predicted molar refractivity (Wildman–Crippen MR) is 46.1 cm³/mol. The molecule has 0 N–H and O–H groups in total. The zero-order valence-electron chi connectivity index (χ0n) is 6.79. The Labute approximate surface area is 68.0 Å². The highest BCUT2D eigenvalue weighted by molar-refractivity contribution is 5.35. The number of hydrogen-bond acceptors (Lipinski definition) is 0. The fraction of sp³-hybridized carbons (Fsp3) is 0.636. The summed E-state index contributed by atoms with van der Waals surface area (Å²) >= 11 is 0. The van der Waals surface area contributed by atoms with Crippen LogP contribution in [0, 0.1) is 23.7 Å². The predicted octanol–water partition coefficient (Wildman–Crippen LogP) is 2.77. The maximum atomic E-state index is 3.83. The van der Waals surface area contributed by atoms with Crippen molar-refractivity contribution in [1.29, 1.82) is 0 Å². The Morgan fingerprint density at radius 2 is 2.55 bits per heavy atom. The van der Waals surface area contributed by atoms with Crippen molar-refractivity contribution in [3.63, 3.8) is 0 Å². The summed E-state index contributed by atoms with van der Waals surface area (Å²) in [4.78, 5) is 0. The molecule has 3 aliphatic rings. The highest BCUT2D eigenvalue weighted by Gasteiger charge is 2.54. The van der Waals surface area contributed by atoms with Gasteiger partial charge in [-0.05, 0) is 42.9 Å². The van der Waals surface area contributed by atoms with E-state index in [0.717, 1.165) is 23.7 Å². The third-order valence-corrected chi connectivity index (χ3v) is 3.87. The van der Waals surface area contributed by atoms with Crippen LogP contribution in [0.4, 0.5) is 0 Å². The summed E-state index contributed by atoms with van der Waals surface area (Å²) in [6.45, 7) is 3.83. The summed E-state index contributed by atoms with van der Waals surface area (Å²) in [5.41, 5.74) is 1.78. The molecule has 0 aliphatic heterocycles. The Morgan fingerprint density at radius 3 is 3.18 bits per heavy atom. The Kier molecular flexibility index (Phi) is 0.988. The Morgan fingerprint density at radius 1 is 1.64 bits per heavy atom. The van der Waals surface area contributed by atoms with E-state index in [1.807, 2.05) is 0 Å². The van der Waals surface area contributed by atoms with E-state index in [9.17, 15) is 0 Å². The molecule has 0 saturated heterocycles. The molecule has 3 aliphatic carbocycles. The van der Waals surface area contributed by atoms with Crippen molar-refractivity contribution < 1.29 is 0 Å². The molecule has 0 aromatic heterocycles. The van der Waals surface area contributed by atoms with Gasteiger partial charge in [-0.15, -0.1) is 6.58 Å². The van der Waals surface area contributed by atoms with Crippen molar-refractivity contribution in [1.82, 2.24) is 0 Å². The lowest BCUT2D eigenvalue weighted by molar-refractivity contribution is 0.243. The van der Waals surface area contributed by atoms with Crippen LogP contribution >= 0.6 is 0 Å². The topological polar surface area (TPSA) is 0 Å². The van der Waals surface area contributed by atoms with Gasteiger partial charge in [-0.25, -0.2) is 0 Å². The molecule has 0 aromatic carbocycles. The van der Waals surface area contributed by atoms with Gasteiger partial charge in [0.15, 0.2) is 0 Å². The molecule has 0 nitrogen and oxygen atoms in total. The molecule has 58 valence electrons. The first kappa shape index (κ1) is 6.05. The lowest BCUT2D eigenvalue weighted by Gasteiger charge is -2.45. The second kappa shape index (κ2) is 1.80. The molecule has 0 amide bonds. The molecule has 0 aromatic rings. The fourth-order valence-corrected chi connectivity index (χ4v) is 3.35. The molecule has 11 heavy (non-hydrogen) atoms. The first-order valence-corrected chi connectivity index (χ1v) is 4.71. The van der Waals surface area contributed by atoms with E-state index < -0.39 is 0 Å². The van der Waals surface area contributed by atoms with E-state index in [0.29, 0.717) is 0 Å². The largest absolute Gasteiger partial charge is 0.103 e. The molecular formula is C11H14. The van der Waals surface area contributed by atoms with Crippen LogP contribution in [0.1, 0.15) is 19.3 Å². The number of hydrogen-bond donors (Lipinski definition) is 0. The van der Waals surface area contributed by atoms with Crippen molar-refractivity contribution in [2.45, 2.75) is 19.3 Å². The average Bonchev–Trinajstić information content (AvgIpc) is 2.16. The van der Waals surface area contributed by atoms with E-state index in [4.69, 9.17) is 0 Å². The quantitative estimate of drug-likeness (QED) is 0.525. The normalized spacial score (nSPS) is 50.4. The van der Waals surface area contributed by atoms with Crippen molar-refractivity contribution in [3.05, 3.63) is 24.3 Å². The molecule has 2 fully saturated rings. The van der Waals surface area contributed by atoms with Gasteiger partial charge in [0.05, 0.1) is 0 Å². The highest BCUT2D eigenvalue weighted by Crippen LogP contribution is 2.64. The van der Waals surface area contributed by atoms with Gasteiger partial charge in [-0.3, -0.25) is 0 Å². The summed E-state index contributed by atoms with van der Waals surface area (Å²) in [6, 6.07) is 0. The minimum atomic E-state index is 0.966. The minimum Gasteiger partial charge on any atom is -0.103 e. The van der Waals surface area contributed by atoms with Gasteiger partial charge >= 0.3 is 0 Å². The van der Waals surface area contributed by atoms with E-state index in [1.165, 1.54) is 19.3 Å². The molecule has 0 radical (unpaired) electrons. The lowest BCUT2D eigenvalue weighted by Crippen LogP contribution is -2.36. The zero-order valence-corrected chi connectivity index (χ0v) is 6.79. The third kappa shape index (κ3) is 0.571. The standard InChI is InChI=1S/C11H14/c1-2-3-7-4-8-5-9-6-10(7)11(8)9/h2,6-8,10-11H,1,3-5H2. The summed E-state index contributed by atoms with van der Waals surface area (Å²) in [5, 5.41) is 0. The van der Waals surface area contributed by atoms with Crippen LogP contribution in [0.25, 0.3) is 0 Å². The van der Waals surface area contributed by atoms with Crippen molar-refractivity contribution in [2.75, 3.05) is 0 Å². The molecule has 2 saturated carbocycles. The Hall–Kier alpha value is -0.520. The average molecular weight is 146 g/mol. The van der Waals surface area contributed by atoms with Crippen LogP contribution in [0.3, 0.4) is 0 Å². The molecule has 4 atom stereocenters. The molecule has 0 spiro atoms. The third-order valence-electron chi connectivity index (χ3n) is 3.87. The second-order valence-corrected chi connectivity index (χ2v) is 4.33. The van der Waals surface area contributed by atoms with Gasteiger partial charge in [0.2, 0.25) is 0 Å². The molecule has 0 heterocycles. The first-order valence-electron chi connectivity index (χ1n) is 4.71. The summed E-state index contributed by atoms with van der Waals surface area (Å²) in [6.07, 6.45) is 8.81. The highest BCUT2D eigenvalue weighted by atomic mass is 14.6. The van der Waals surface area contributed by atoms with E-state index in [2.05, 4.69) is 18.7 Å². The monoisotopic (exact) mass is 146 g/mol. The summed E-state index contributed by atoms with van der Waals surface area (Å²) in [5.74, 6) is 4.08. The fourth-order valence-electron chi connectivity index (χ4n) is 3.35. The number of rotatable bonds is 2. The van der Waals surface area contributed by atoms with Crippen LogP contribution < -0.4 is 0 Å². The summed E-state index contributed by atoms with van der Waals surface area (Å²) in [7, 11) is 0. The maximum Gasteiger partial charge on any atom is -0.0106 e. The first-order chi connectivity index (χ1) is 5.40. The van der Waals surface area contributed by atoms with Gasteiger partial charge in [0.1, 0.15) is 0 Å². The van der Waals surface area contributed by atoms with Crippen LogP contribution in [-0.2, 0) is 0 Å². The minimum absolute atomic E-state index is 0.966. The van der Waals surface area contributed by atoms with Crippen LogP contribution in [0.15, 0.2) is 24.3 Å². The van der Waals surface area contributed by atoms with Crippen LogP contribution in [0.2, 0.25) is 0 Å². The van der Waals surface area contributed by atoms with Crippen LogP contribution in [0.5, 0.6) is 0 Å². The molecule has 0 heteroatoms. The Bertz CT molecular complexity index is 236. The smallest absolute Gasteiger partial charge is 0.0106 e.